The van der Waals surface area contributed by atoms with Gasteiger partial charge in [-0.05, 0) is 85.7 Å². The van der Waals surface area contributed by atoms with Gasteiger partial charge in [0.05, 0.1) is 17.0 Å². The number of aryl methyl sites for hydroxylation is 2. The number of hydrogen-bond acceptors (Lipinski definition) is 5. The van der Waals surface area contributed by atoms with E-state index in [1.54, 1.807) is 31.3 Å². The van der Waals surface area contributed by atoms with E-state index in [1.807, 2.05) is 41.8 Å². The lowest BCUT2D eigenvalue weighted by atomic mass is 9.88. The maximum Gasteiger partial charge on any atom is 0.343 e. The molecule has 39 heavy (non-hydrogen) atoms. The van der Waals surface area contributed by atoms with Crippen LogP contribution in [0.3, 0.4) is 0 Å². The molecule has 1 unspecified atom stereocenters. The molecule has 2 aliphatic heterocycles. The summed E-state index contributed by atoms with van der Waals surface area (Å²) in [6.45, 7) is 6.60. The average Bonchev–Trinajstić information content (AvgIpc) is 3.36. The molecule has 1 aromatic heterocycles. The van der Waals surface area contributed by atoms with E-state index in [2.05, 4.69) is 13.0 Å². The summed E-state index contributed by atoms with van der Waals surface area (Å²) in [5.74, 6) is -0.597. The minimum atomic E-state index is -3.61. The van der Waals surface area contributed by atoms with Crippen LogP contribution in [0.5, 0.6) is 0 Å². The first-order valence-corrected chi connectivity index (χ1v) is 14.7. The van der Waals surface area contributed by atoms with E-state index in [9.17, 15) is 18.0 Å². The maximum absolute atomic E-state index is 13.3. The largest absolute Gasteiger partial charge is 0.462 e. The molecular formula is C31H30N2O5S. The van der Waals surface area contributed by atoms with Crippen LogP contribution in [0.4, 0.5) is 0 Å². The van der Waals surface area contributed by atoms with Crippen LogP contribution < -0.4 is 5.43 Å². The van der Waals surface area contributed by atoms with Crippen LogP contribution in [0.25, 0.3) is 22.0 Å². The van der Waals surface area contributed by atoms with Crippen molar-refractivity contribution in [2.24, 2.45) is 0 Å². The van der Waals surface area contributed by atoms with Gasteiger partial charge in [0.15, 0.2) is 0 Å². The molecule has 0 spiro atoms. The average molecular weight is 543 g/mol. The van der Waals surface area contributed by atoms with Crippen molar-refractivity contribution >= 4 is 26.9 Å². The zero-order valence-electron chi connectivity index (χ0n) is 22.2. The van der Waals surface area contributed by atoms with Gasteiger partial charge in [-0.3, -0.25) is 4.79 Å². The van der Waals surface area contributed by atoms with Gasteiger partial charge in [-0.25, -0.2) is 13.2 Å². The monoisotopic (exact) mass is 542 g/mol. The van der Waals surface area contributed by atoms with E-state index >= 15 is 0 Å². The number of esters is 1. The minimum absolute atomic E-state index is 0.0595. The number of rotatable bonds is 5. The smallest absolute Gasteiger partial charge is 0.343 e. The third-order valence-corrected chi connectivity index (χ3v) is 9.76. The summed E-state index contributed by atoms with van der Waals surface area (Å²) in [6, 6.07) is 16.9. The fraction of sp³-hybridized carbons (Fsp3) is 0.290. The molecule has 0 aliphatic carbocycles. The Balaban J connectivity index is 1.40. The lowest BCUT2D eigenvalue weighted by Gasteiger charge is -2.28. The normalized spacial score (nSPS) is 16.8. The molecule has 0 N–H and O–H groups in total. The fourth-order valence-electron chi connectivity index (χ4n) is 5.80. The first kappa shape index (κ1) is 25.5. The quantitative estimate of drug-likeness (QED) is 0.317. The predicted molar refractivity (Wildman–Crippen MR) is 150 cm³/mol. The molecule has 0 amide bonds. The van der Waals surface area contributed by atoms with E-state index in [-0.39, 0.29) is 23.6 Å². The standard InChI is InChI=1S/C31H30N2O5S/c1-4-38-31(35)28-18-33-20(3)7-12-26-25(13-14-27(29(26)33)30(28)34)21-8-9-22-16-32(17-23(22)15-21)39(36,37)24-10-5-19(2)6-11-24/h5-6,8-11,13-15,18,20H,4,7,12,16-17H2,1-3H3. The summed E-state index contributed by atoms with van der Waals surface area (Å²) >= 11 is 0. The second-order valence-corrected chi connectivity index (χ2v) is 12.4. The number of nitrogens with zero attached hydrogens (tertiary/aromatic N) is 2. The molecule has 7 nitrogen and oxygen atoms in total. The Labute approximate surface area is 227 Å². The molecule has 0 fully saturated rings. The maximum atomic E-state index is 13.3. The Hall–Kier alpha value is -3.75. The number of ether oxygens (including phenoxy) is 1. The van der Waals surface area contributed by atoms with Crippen molar-refractivity contribution in [2.75, 3.05) is 6.61 Å². The number of hydrogen-bond donors (Lipinski definition) is 0. The topological polar surface area (TPSA) is 85.7 Å². The molecule has 0 saturated heterocycles. The number of sulfonamides is 1. The molecule has 0 saturated carbocycles. The van der Waals surface area contributed by atoms with E-state index in [4.69, 9.17) is 4.74 Å². The molecular weight excluding hydrogens is 512 g/mol. The van der Waals surface area contributed by atoms with Crippen LogP contribution >= 0.6 is 0 Å². The van der Waals surface area contributed by atoms with E-state index in [0.717, 1.165) is 51.7 Å². The molecule has 3 aromatic carbocycles. The number of aromatic nitrogens is 1. The second kappa shape index (κ2) is 9.47. The summed E-state index contributed by atoms with van der Waals surface area (Å²) < 4.78 is 35.3. The molecule has 200 valence electrons. The van der Waals surface area contributed by atoms with Crippen molar-refractivity contribution in [3.8, 4) is 11.1 Å². The lowest BCUT2D eigenvalue weighted by molar-refractivity contribution is 0.0524. The Morgan fingerprint density at radius 1 is 1.03 bits per heavy atom. The Morgan fingerprint density at radius 3 is 2.51 bits per heavy atom. The number of benzene rings is 3. The summed E-state index contributed by atoms with van der Waals surface area (Å²) in [7, 11) is -3.61. The zero-order chi connectivity index (χ0) is 27.5. The summed E-state index contributed by atoms with van der Waals surface area (Å²) in [5.41, 5.74) is 6.67. The van der Waals surface area contributed by atoms with E-state index in [1.165, 1.54) is 4.31 Å². The van der Waals surface area contributed by atoms with Crippen molar-refractivity contribution in [3.63, 3.8) is 0 Å². The van der Waals surface area contributed by atoms with Crippen molar-refractivity contribution in [3.05, 3.63) is 98.8 Å². The van der Waals surface area contributed by atoms with Crippen LogP contribution in [0.15, 0.2) is 70.5 Å². The highest BCUT2D eigenvalue weighted by molar-refractivity contribution is 7.89. The van der Waals surface area contributed by atoms with Crippen LogP contribution in [0, 0.1) is 6.92 Å². The Morgan fingerprint density at radius 2 is 1.77 bits per heavy atom. The molecule has 3 heterocycles. The first-order valence-electron chi connectivity index (χ1n) is 13.3. The van der Waals surface area contributed by atoms with Gasteiger partial charge in [0.1, 0.15) is 5.56 Å². The van der Waals surface area contributed by atoms with Crippen molar-refractivity contribution < 1.29 is 17.9 Å². The number of carbonyl (C=O) groups excluding carboxylic acids is 1. The van der Waals surface area contributed by atoms with Gasteiger partial charge in [0.2, 0.25) is 15.5 Å². The second-order valence-electron chi connectivity index (χ2n) is 10.4. The highest BCUT2D eigenvalue weighted by Gasteiger charge is 2.31. The SMILES string of the molecule is CCOC(=O)c1cn2c3c(c(-c4ccc5c(c4)CN(S(=O)(=O)c4ccc(C)cc4)C5)ccc3c1=O)CCC2C. The van der Waals surface area contributed by atoms with Gasteiger partial charge >= 0.3 is 5.97 Å². The van der Waals surface area contributed by atoms with Crippen LogP contribution in [0.1, 0.15) is 58.9 Å². The number of carbonyl (C=O) groups is 1. The zero-order valence-corrected chi connectivity index (χ0v) is 23.0. The lowest BCUT2D eigenvalue weighted by Crippen LogP contribution is -2.25. The van der Waals surface area contributed by atoms with Gasteiger partial charge in [-0.1, -0.05) is 35.9 Å². The molecule has 4 aromatic rings. The van der Waals surface area contributed by atoms with Gasteiger partial charge < -0.3 is 9.30 Å². The van der Waals surface area contributed by atoms with Crippen molar-refractivity contribution in [1.82, 2.24) is 8.87 Å². The van der Waals surface area contributed by atoms with Crippen LogP contribution in [-0.4, -0.2) is 29.9 Å². The van der Waals surface area contributed by atoms with Crippen molar-refractivity contribution in [1.29, 1.82) is 0 Å². The van der Waals surface area contributed by atoms with E-state index in [0.29, 0.717) is 23.4 Å². The third-order valence-electron chi connectivity index (χ3n) is 7.95. The van der Waals surface area contributed by atoms with Gasteiger partial charge in [-0.2, -0.15) is 4.31 Å². The molecule has 0 bridgehead atoms. The summed E-state index contributed by atoms with van der Waals surface area (Å²) in [4.78, 5) is 26.1. The predicted octanol–water partition coefficient (Wildman–Crippen LogP) is 5.37. The summed E-state index contributed by atoms with van der Waals surface area (Å²) in [5, 5.41) is 0.516. The summed E-state index contributed by atoms with van der Waals surface area (Å²) in [6.07, 6.45) is 3.32. The highest BCUT2D eigenvalue weighted by Crippen LogP contribution is 2.38. The highest BCUT2D eigenvalue weighted by atomic mass is 32.2. The van der Waals surface area contributed by atoms with Gasteiger partial charge in [-0.15, -0.1) is 0 Å². The molecule has 6 rings (SSSR count). The molecule has 2 aliphatic rings. The third kappa shape index (κ3) is 4.19. The molecule has 8 heteroatoms. The van der Waals surface area contributed by atoms with Crippen molar-refractivity contribution in [2.45, 2.75) is 57.6 Å². The van der Waals surface area contributed by atoms with Crippen LogP contribution in [0.2, 0.25) is 0 Å². The van der Waals surface area contributed by atoms with E-state index < -0.39 is 16.0 Å². The Bertz CT molecular complexity index is 1810. The molecule has 1 atom stereocenters. The Kier molecular flexibility index (Phi) is 6.19. The number of pyridine rings is 1. The molecule has 0 radical (unpaired) electrons. The van der Waals surface area contributed by atoms with Gasteiger partial charge in [0.25, 0.3) is 0 Å². The fourth-order valence-corrected chi connectivity index (χ4v) is 7.20. The van der Waals surface area contributed by atoms with Gasteiger partial charge in [0, 0.05) is 30.7 Å². The van der Waals surface area contributed by atoms with Crippen LogP contribution in [-0.2, 0) is 34.3 Å². The first-order chi connectivity index (χ1) is 18.7. The minimum Gasteiger partial charge on any atom is -0.462 e. The number of fused-ring (bicyclic) bond motifs is 1.